The number of anilines is 1. The number of nitrogens with one attached hydrogen (secondary N) is 2. The Kier molecular flexibility index (Phi) is 4.29. The van der Waals surface area contributed by atoms with Gasteiger partial charge in [-0.25, -0.2) is 9.97 Å². The third-order valence-corrected chi connectivity index (χ3v) is 6.03. The quantitative estimate of drug-likeness (QED) is 0.560. The van der Waals surface area contributed by atoms with Gasteiger partial charge < -0.3 is 15.2 Å². The lowest BCUT2D eigenvalue weighted by Gasteiger charge is -2.28. The molecule has 0 bridgehead atoms. The van der Waals surface area contributed by atoms with E-state index in [-0.39, 0.29) is 5.91 Å². The minimum absolute atomic E-state index is 0.124. The average Bonchev–Trinajstić information content (AvgIpc) is 3.38. The van der Waals surface area contributed by atoms with Gasteiger partial charge in [0.1, 0.15) is 10.7 Å². The van der Waals surface area contributed by atoms with Crippen molar-refractivity contribution in [2.75, 3.05) is 11.4 Å². The molecule has 0 unspecified atom stereocenters. The number of H-pyrrole nitrogens is 1. The first kappa shape index (κ1) is 16.9. The number of benzene rings is 2. The molecular formula is C21H19N5OS. The molecule has 0 radical (unpaired) electrons. The van der Waals surface area contributed by atoms with Gasteiger partial charge in [0.15, 0.2) is 5.13 Å². The van der Waals surface area contributed by atoms with E-state index in [1.807, 2.05) is 24.3 Å². The molecular weight excluding hydrogens is 370 g/mol. The zero-order chi connectivity index (χ0) is 18.9. The Bertz CT molecular complexity index is 1120. The zero-order valence-corrected chi connectivity index (χ0v) is 16.0. The molecule has 4 aromatic rings. The first-order valence-electron chi connectivity index (χ1n) is 9.26. The number of imidazole rings is 1. The third-order valence-electron chi connectivity index (χ3n) is 4.97. The predicted molar refractivity (Wildman–Crippen MR) is 111 cm³/mol. The van der Waals surface area contributed by atoms with E-state index < -0.39 is 0 Å². The molecule has 2 N–H and O–H groups in total. The van der Waals surface area contributed by atoms with Crippen LogP contribution in [0.5, 0.6) is 0 Å². The number of fused-ring (bicyclic) bond motifs is 2. The summed E-state index contributed by atoms with van der Waals surface area (Å²) in [4.78, 5) is 27.6. The van der Waals surface area contributed by atoms with Crippen molar-refractivity contribution in [2.45, 2.75) is 19.5 Å². The van der Waals surface area contributed by atoms with Crippen LogP contribution in [-0.4, -0.2) is 27.4 Å². The second kappa shape index (κ2) is 7.09. The molecule has 2 aromatic heterocycles. The van der Waals surface area contributed by atoms with Crippen LogP contribution in [0.1, 0.15) is 26.6 Å². The SMILES string of the molecule is O=C(NCc1nc2ccccc2[nH]1)c1cnc(N2CCc3ccccc3C2)s1. The van der Waals surface area contributed by atoms with Crippen LogP contribution < -0.4 is 10.2 Å². The summed E-state index contributed by atoms with van der Waals surface area (Å²) in [7, 11) is 0. The van der Waals surface area contributed by atoms with Gasteiger partial charge in [-0.3, -0.25) is 4.79 Å². The largest absolute Gasteiger partial charge is 0.344 e. The minimum Gasteiger partial charge on any atom is -0.344 e. The number of amides is 1. The van der Waals surface area contributed by atoms with E-state index in [1.54, 1.807) is 6.20 Å². The number of aromatic amines is 1. The van der Waals surface area contributed by atoms with E-state index >= 15 is 0 Å². The molecule has 2 aromatic carbocycles. The summed E-state index contributed by atoms with van der Waals surface area (Å²) in [6, 6.07) is 16.3. The molecule has 0 atom stereocenters. The lowest BCUT2D eigenvalue weighted by atomic mass is 10.0. The third kappa shape index (κ3) is 3.25. The summed E-state index contributed by atoms with van der Waals surface area (Å²) in [6.45, 7) is 2.12. The molecule has 0 saturated heterocycles. The lowest BCUT2D eigenvalue weighted by molar-refractivity contribution is 0.0954. The summed E-state index contributed by atoms with van der Waals surface area (Å²) in [5.74, 6) is 0.619. The fourth-order valence-electron chi connectivity index (χ4n) is 3.52. The number of carbonyl (C=O) groups excluding carboxylic acids is 1. The molecule has 3 heterocycles. The van der Waals surface area contributed by atoms with Crippen molar-refractivity contribution in [1.29, 1.82) is 0 Å². The molecule has 7 heteroatoms. The van der Waals surface area contributed by atoms with Crippen molar-refractivity contribution in [1.82, 2.24) is 20.3 Å². The van der Waals surface area contributed by atoms with E-state index in [4.69, 9.17) is 0 Å². The molecule has 140 valence electrons. The van der Waals surface area contributed by atoms with Crippen molar-refractivity contribution in [3.63, 3.8) is 0 Å². The molecule has 1 aliphatic rings. The van der Waals surface area contributed by atoms with Crippen LogP contribution >= 0.6 is 11.3 Å². The summed E-state index contributed by atoms with van der Waals surface area (Å²) in [5.41, 5.74) is 4.60. The van der Waals surface area contributed by atoms with Crippen molar-refractivity contribution < 1.29 is 4.79 Å². The number of aromatic nitrogens is 3. The number of rotatable bonds is 4. The van der Waals surface area contributed by atoms with Gasteiger partial charge in [-0.1, -0.05) is 47.7 Å². The Morgan fingerprint density at radius 3 is 2.86 bits per heavy atom. The highest BCUT2D eigenvalue weighted by Gasteiger charge is 2.20. The molecule has 0 fully saturated rings. The first-order valence-corrected chi connectivity index (χ1v) is 10.1. The maximum Gasteiger partial charge on any atom is 0.263 e. The molecule has 0 saturated carbocycles. The Morgan fingerprint density at radius 1 is 1.14 bits per heavy atom. The number of thiazole rings is 1. The van der Waals surface area contributed by atoms with Gasteiger partial charge >= 0.3 is 0 Å². The van der Waals surface area contributed by atoms with Crippen LogP contribution in [0.3, 0.4) is 0 Å². The Hall–Kier alpha value is -3.19. The number of para-hydroxylation sites is 2. The maximum absolute atomic E-state index is 12.5. The summed E-state index contributed by atoms with van der Waals surface area (Å²) >= 11 is 1.43. The van der Waals surface area contributed by atoms with Crippen LogP contribution in [-0.2, 0) is 19.5 Å². The standard InChI is InChI=1S/C21H19N5OS/c27-20(22-12-19-24-16-7-3-4-8-17(16)25-19)18-11-23-21(28-18)26-10-9-14-5-1-2-6-15(14)13-26/h1-8,11H,9-10,12-13H2,(H,22,27)(H,24,25). The first-order chi connectivity index (χ1) is 13.8. The lowest BCUT2D eigenvalue weighted by Crippen LogP contribution is -2.30. The van der Waals surface area contributed by atoms with Crippen LogP contribution in [0.4, 0.5) is 5.13 Å². The van der Waals surface area contributed by atoms with Gasteiger partial charge in [0, 0.05) is 13.1 Å². The second-order valence-corrected chi connectivity index (χ2v) is 7.84. The van der Waals surface area contributed by atoms with Crippen LogP contribution in [0.2, 0.25) is 0 Å². The Morgan fingerprint density at radius 2 is 1.96 bits per heavy atom. The highest BCUT2D eigenvalue weighted by atomic mass is 32.1. The number of hydrogen-bond acceptors (Lipinski definition) is 5. The molecule has 6 nitrogen and oxygen atoms in total. The zero-order valence-electron chi connectivity index (χ0n) is 15.2. The minimum atomic E-state index is -0.124. The molecule has 1 aliphatic heterocycles. The number of carbonyl (C=O) groups is 1. The number of nitrogens with zero attached hydrogens (tertiary/aromatic N) is 3. The van der Waals surface area contributed by atoms with Crippen LogP contribution in [0, 0.1) is 0 Å². The fraction of sp³-hybridized carbons (Fsp3) is 0.190. The fourth-order valence-corrected chi connectivity index (χ4v) is 4.37. The van der Waals surface area contributed by atoms with Gasteiger partial charge in [0.05, 0.1) is 23.8 Å². The highest BCUT2D eigenvalue weighted by molar-refractivity contribution is 7.17. The summed E-state index contributed by atoms with van der Waals surface area (Å²) < 4.78 is 0. The summed E-state index contributed by atoms with van der Waals surface area (Å²) in [6.07, 6.45) is 2.66. The van der Waals surface area contributed by atoms with Gasteiger partial charge in [-0.2, -0.15) is 0 Å². The van der Waals surface area contributed by atoms with Crippen molar-refractivity contribution >= 4 is 33.4 Å². The predicted octanol–water partition coefficient (Wildman–Crippen LogP) is 3.51. The molecule has 0 spiro atoms. The Labute approximate surface area is 166 Å². The van der Waals surface area contributed by atoms with Crippen molar-refractivity contribution in [2.24, 2.45) is 0 Å². The molecule has 28 heavy (non-hydrogen) atoms. The second-order valence-electron chi connectivity index (χ2n) is 6.83. The van der Waals surface area contributed by atoms with E-state index in [0.29, 0.717) is 11.4 Å². The molecule has 0 aliphatic carbocycles. The summed E-state index contributed by atoms with van der Waals surface area (Å²) in [5, 5.41) is 3.82. The van der Waals surface area contributed by atoms with E-state index in [0.717, 1.165) is 41.5 Å². The smallest absolute Gasteiger partial charge is 0.263 e. The Balaban J connectivity index is 1.25. The molecule has 5 rings (SSSR count). The topological polar surface area (TPSA) is 73.9 Å². The normalized spacial score (nSPS) is 13.5. The monoisotopic (exact) mass is 389 g/mol. The van der Waals surface area contributed by atoms with E-state index in [2.05, 4.69) is 49.4 Å². The van der Waals surface area contributed by atoms with Gasteiger partial charge in [0.25, 0.3) is 5.91 Å². The average molecular weight is 389 g/mol. The van der Waals surface area contributed by atoms with Crippen LogP contribution in [0.15, 0.2) is 54.7 Å². The van der Waals surface area contributed by atoms with Crippen LogP contribution in [0.25, 0.3) is 11.0 Å². The van der Waals surface area contributed by atoms with Gasteiger partial charge in [0.2, 0.25) is 0 Å². The van der Waals surface area contributed by atoms with Gasteiger partial charge in [-0.15, -0.1) is 0 Å². The van der Waals surface area contributed by atoms with Crippen molar-refractivity contribution in [3.8, 4) is 0 Å². The van der Waals surface area contributed by atoms with Gasteiger partial charge in [-0.05, 0) is 29.7 Å². The molecule has 1 amide bonds. The van der Waals surface area contributed by atoms with E-state index in [1.165, 1.54) is 22.5 Å². The maximum atomic E-state index is 12.5. The van der Waals surface area contributed by atoms with Crippen molar-refractivity contribution in [3.05, 3.63) is 76.6 Å². The highest BCUT2D eigenvalue weighted by Crippen LogP contribution is 2.28. The number of hydrogen-bond donors (Lipinski definition) is 2. The van der Waals surface area contributed by atoms with E-state index in [9.17, 15) is 4.79 Å².